The normalized spacial score (nSPS) is 16.6. The Labute approximate surface area is 139 Å². The number of aryl methyl sites for hydroxylation is 1. The fourth-order valence-corrected chi connectivity index (χ4v) is 4.22. The van der Waals surface area contributed by atoms with Gasteiger partial charge in [0.1, 0.15) is 0 Å². The van der Waals surface area contributed by atoms with E-state index in [1.807, 2.05) is 20.8 Å². The van der Waals surface area contributed by atoms with Crippen molar-refractivity contribution in [1.82, 2.24) is 9.62 Å². The summed E-state index contributed by atoms with van der Waals surface area (Å²) in [5, 5.41) is 0. The summed E-state index contributed by atoms with van der Waals surface area (Å²) in [4.78, 5) is 14.5. The molecule has 0 aromatic heterocycles. The summed E-state index contributed by atoms with van der Waals surface area (Å²) in [5.41, 5.74) is 1.29. The van der Waals surface area contributed by atoms with Crippen LogP contribution >= 0.6 is 0 Å². The number of hydrogen-bond acceptors (Lipinski definition) is 3. The van der Waals surface area contributed by atoms with Gasteiger partial charge in [-0.15, -0.1) is 0 Å². The Morgan fingerprint density at radius 2 is 1.96 bits per heavy atom. The van der Waals surface area contributed by atoms with Crippen molar-refractivity contribution in [3.05, 3.63) is 29.3 Å². The lowest BCUT2D eigenvalue weighted by Crippen LogP contribution is -2.33. The van der Waals surface area contributed by atoms with Gasteiger partial charge in [0.05, 0.1) is 4.90 Å². The summed E-state index contributed by atoms with van der Waals surface area (Å²) in [6.07, 6.45) is 3.72. The molecular weight excluding hydrogens is 312 g/mol. The van der Waals surface area contributed by atoms with Gasteiger partial charge in [0.25, 0.3) is 5.91 Å². The van der Waals surface area contributed by atoms with Crippen LogP contribution in [0.1, 0.15) is 55.5 Å². The van der Waals surface area contributed by atoms with Crippen molar-refractivity contribution in [2.24, 2.45) is 0 Å². The molecular formula is C17H26N2O3S. The number of benzene rings is 1. The first kappa shape index (κ1) is 17.9. The van der Waals surface area contributed by atoms with Gasteiger partial charge in [-0.2, -0.15) is 0 Å². The van der Waals surface area contributed by atoms with Gasteiger partial charge in [0, 0.05) is 24.7 Å². The highest BCUT2D eigenvalue weighted by Crippen LogP contribution is 2.20. The van der Waals surface area contributed by atoms with Crippen LogP contribution in [-0.4, -0.2) is 38.4 Å². The van der Waals surface area contributed by atoms with E-state index < -0.39 is 10.0 Å². The zero-order chi connectivity index (χ0) is 17.0. The van der Waals surface area contributed by atoms with Gasteiger partial charge >= 0.3 is 0 Å². The Kier molecular flexibility index (Phi) is 5.81. The lowest BCUT2D eigenvalue weighted by molar-refractivity contribution is 0.0792. The zero-order valence-corrected chi connectivity index (χ0v) is 14.9. The summed E-state index contributed by atoms with van der Waals surface area (Å²) in [7, 11) is -3.60. The molecule has 1 saturated heterocycles. The summed E-state index contributed by atoms with van der Waals surface area (Å²) in [6, 6.07) is 4.67. The van der Waals surface area contributed by atoms with Crippen LogP contribution in [0, 0.1) is 6.92 Å². The van der Waals surface area contributed by atoms with E-state index in [-0.39, 0.29) is 16.8 Å². The number of nitrogens with zero attached hydrogens (tertiary/aromatic N) is 1. The average molecular weight is 338 g/mol. The molecule has 1 fully saturated rings. The molecule has 6 heteroatoms. The number of rotatable bonds is 6. The highest BCUT2D eigenvalue weighted by atomic mass is 32.2. The predicted molar refractivity (Wildman–Crippen MR) is 91.0 cm³/mol. The van der Waals surface area contributed by atoms with Gasteiger partial charge in [-0.3, -0.25) is 4.79 Å². The summed E-state index contributed by atoms with van der Waals surface area (Å²) < 4.78 is 27.7. The van der Waals surface area contributed by atoms with Gasteiger partial charge in [-0.05, 0) is 50.8 Å². The maximum atomic E-state index is 12.6. The molecule has 1 aliphatic rings. The lowest BCUT2D eigenvalue weighted by atomic mass is 10.1. The highest BCUT2D eigenvalue weighted by Gasteiger charge is 2.24. The number of carbonyl (C=O) groups excluding carboxylic acids is 1. The third-order valence-corrected chi connectivity index (χ3v) is 5.81. The highest BCUT2D eigenvalue weighted by molar-refractivity contribution is 7.89. The van der Waals surface area contributed by atoms with Gasteiger partial charge < -0.3 is 4.90 Å². The number of likely N-dealkylation sites (tertiary alicyclic amines) is 1. The molecule has 0 saturated carbocycles. The van der Waals surface area contributed by atoms with Gasteiger partial charge in [-0.25, -0.2) is 13.1 Å². The van der Waals surface area contributed by atoms with E-state index >= 15 is 0 Å². The van der Waals surface area contributed by atoms with Crippen LogP contribution in [0.15, 0.2) is 23.1 Å². The van der Waals surface area contributed by atoms with Gasteiger partial charge in [0.2, 0.25) is 10.0 Å². The van der Waals surface area contributed by atoms with Crippen molar-refractivity contribution in [2.75, 3.05) is 13.1 Å². The second kappa shape index (κ2) is 7.45. The number of sulfonamides is 1. The Morgan fingerprint density at radius 1 is 1.30 bits per heavy atom. The second-order valence-corrected chi connectivity index (χ2v) is 8.00. The monoisotopic (exact) mass is 338 g/mol. The standard InChI is InChI=1S/C17H26N2O3S/c1-4-7-14(3)18-23(21,22)15-9-8-13(2)16(12-15)17(20)19-10-5-6-11-19/h8-9,12,14,18H,4-7,10-11H2,1-3H3/t14-/m0/s1. The average Bonchev–Trinajstić information content (AvgIpc) is 3.00. The molecule has 0 aliphatic carbocycles. The quantitative estimate of drug-likeness (QED) is 0.867. The van der Waals surface area contributed by atoms with E-state index in [1.165, 1.54) is 6.07 Å². The molecule has 128 valence electrons. The first-order chi connectivity index (χ1) is 10.8. The van der Waals surface area contributed by atoms with Gasteiger partial charge in [0.15, 0.2) is 0 Å². The fraction of sp³-hybridized carbons (Fsp3) is 0.588. The van der Waals surface area contributed by atoms with Crippen molar-refractivity contribution in [2.45, 2.75) is 57.4 Å². The minimum Gasteiger partial charge on any atom is -0.339 e. The fourth-order valence-electron chi connectivity index (χ4n) is 2.91. The first-order valence-corrected chi connectivity index (χ1v) is 9.75. The molecule has 1 aromatic rings. The molecule has 1 aromatic carbocycles. The number of carbonyl (C=O) groups is 1. The molecule has 1 aliphatic heterocycles. The largest absolute Gasteiger partial charge is 0.339 e. The van der Waals surface area contributed by atoms with Crippen LogP contribution in [-0.2, 0) is 10.0 Å². The van der Waals surface area contributed by atoms with Crippen molar-refractivity contribution in [3.8, 4) is 0 Å². The molecule has 1 heterocycles. The van der Waals surface area contributed by atoms with Crippen molar-refractivity contribution >= 4 is 15.9 Å². The van der Waals surface area contributed by atoms with Crippen molar-refractivity contribution in [3.63, 3.8) is 0 Å². The van der Waals surface area contributed by atoms with Crippen LogP contribution < -0.4 is 4.72 Å². The Hall–Kier alpha value is -1.40. The SMILES string of the molecule is CCC[C@H](C)NS(=O)(=O)c1ccc(C)c(C(=O)N2CCCC2)c1. The van der Waals surface area contributed by atoms with E-state index in [0.29, 0.717) is 5.56 Å². The second-order valence-electron chi connectivity index (χ2n) is 6.29. The minimum absolute atomic E-state index is 0.0707. The Balaban J connectivity index is 2.27. The molecule has 0 bridgehead atoms. The molecule has 23 heavy (non-hydrogen) atoms. The smallest absolute Gasteiger partial charge is 0.254 e. The molecule has 1 N–H and O–H groups in total. The van der Waals surface area contributed by atoms with E-state index in [1.54, 1.807) is 17.0 Å². The maximum absolute atomic E-state index is 12.6. The minimum atomic E-state index is -3.60. The molecule has 0 spiro atoms. The number of hydrogen-bond donors (Lipinski definition) is 1. The van der Waals surface area contributed by atoms with Crippen LogP contribution in [0.25, 0.3) is 0 Å². The Bertz CT molecular complexity index is 664. The Morgan fingerprint density at radius 3 is 2.57 bits per heavy atom. The molecule has 2 rings (SSSR count). The van der Waals surface area contributed by atoms with Crippen molar-refractivity contribution < 1.29 is 13.2 Å². The van der Waals surface area contributed by atoms with Crippen molar-refractivity contribution in [1.29, 1.82) is 0 Å². The molecule has 1 amide bonds. The van der Waals surface area contributed by atoms with Crippen LogP contribution in [0.4, 0.5) is 0 Å². The summed E-state index contributed by atoms with van der Waals surface area (Å²) in [5.74, 6) is -0.0707. The number of nitrogens with one attached hydrogen (secondary N) is 1. The summed E-state index contributed by atoms with van der Waals surface area (Å²) >= 11 is 0. The number of amides is 1. The van der Waals surface area contributed by atoms with E-state index in [4.69, 9.17) is 0 Å². The van der Waals surface area contributed by atoms with E-state index in [2.05, 4.69) is 4.72 Å². The zero-order valence-electron chi connectivity index (χ0n) is 14.1. The third-order valence-electron chi connectivity index (χ3n) is 4.22. The van der Waals surface area contributed by atoms with E-state index in [0.717, 1.165) is 44.3 Å². The third kappa shape index (κ3) is 4.32. The van der Waals surface area contributed by atoms with Crippen LogP contribution in [0.3, 0.4) is 0 Å². The van der Waals surface area contributed by atoms with Gasteiger partial charge in [-0.1, -0.05) is 19.4 Å². The summed E-state index contributed by atoms with van der Waals surface area (Å²) in [6.45, 7) is 7.21. The maximum Gasteiger partial charge on any atom is 0.254 e. The lowest BCUT2D eigenvalue weighted by Gasteiger charge is -2.18. The molecule has 1 atom stereocenters. The van der Waals surface area contributed by atoms with Crippen LogP contribution in [0.5, 0.6) is 0 Å². The topological polar surface area (TPSA) is 66.5 Å². The first-order valence-electron chi connectivity index (χ1n) is 8.27. The molecule has 0 radical (unpaired) electrons. The molecule has 0 unspecified atom stereocenters. The molecule has 5 nitrogen and oxygen atoms in total. The van der Waals surface area contributed by atoms with E-state index in [9.17, 15) is 13.2 Å². The van der Waals surface area contributed by atoms with Crippen LogP contribution in [0.2, 0.25) is 0 Å². The predicted octanol–water partition coefficient (Wildman–Crippen LogP) is 2.70.